The van der Waals surface area contributed by atoms with E-state index in [1.165, 1.54) is 12.1 Å². The Morgan fingerprint density at radius 3 is 2.72 bits per heavy atom. The second-order valence-electron chi connectivity index (χ2n) is 3.67. The topological polar surface area (TPSA) is 107 Å². The van der Waals surface area contributed by atoms with Crippen LogP contribution < -0.4 is 21.5 Å². The van der Waals surface area contributed by atoms with E-state index in [9.17, 15) is 9.59 Å². The molecule has 6 nitrogen and oxygen atoms in total. The van der Waals surface area contributed by atoms with Crippen molar-refractivity contribution in [3.05, 3.63) is 23.8 Å². The summed E-state index contributed by atoms with van der Waals surface area (Å²) in [6, 6.07) is 4.58. The lowest BCUT2D eigenvalue weighted by Gasteiger charge is -2.10. The Bertz CT molecular complexity index is 446. The first kappa shape index (κ1) is 13.8. The quantitative estimate of drug-likeness (QED) is 0.631. The molecular formula is C12H17N3O3. The van der Waals surface area contributed by atoms with Crippen molar-refractivity contribution in [1.82, 2.24) is 5.32 Å². The van der Waals surface area contributed by atoms with Gasteiger partial charge in [-0.05, 0) is 19.1 Å². The maximum absolute atomic E-state index is 11.2. The first-order chi connectivity index (χ1) is 8.54. The van der Waals surface area contributed by atoms with Crippen molar-refractivity contribution in [2.75, 3.05) is 18.9 Å². The standard InChI is InChI=1S/C12H17N3O3/c1-2-15-11(16)5-6-18-10-7-8(13)3-4-9(10)12(14)17/h3-4,7H,2,5-6,13H2,1H3,(H2,14,17)(H,15,16). The number of nitrogens with one attached hydrogen (secondary N) is 1. The molecule has 1 aromatic carbocycles. The van der Waals surface area contributed by atoms with Gasteiger partial charge in [0, 0.05) is 18.3 Å². The van der Waals surface area contributed by atoms with Crippen LogP contribution in [0.2, 0.25) is 0 Å². The number of carbonyl (C=O) groups is 2. The number of carbonyl (C=O) groups excluding carboxylic acids is 2. The summed E-state index contributed by atoms with van der Waals surface area (Å²) < 4.78 is 5.35. The highest BCUT2D eigenvalue weighted by Gasteiger charge is 2.10. The number of nitrogen functional groups attached to an aromatic ring is 1. The molecule has 0 radical (unpaired) electrons. The molecule has 0 saturated heterocycles. The molecule has 1 rings (SSSR count). The van der Waals surface area contributed by atoms with Gasteiger partial charge in [-0.1, -0.05) is 0 Å². The first-order valence-corrected chi connectivity index (χ1v) is 5.63. The van der Waals surface area contributed by atoms with Gasteiger partial charge in [-0.25, -0.2) is 0 Å². The number of nitrogens with two attached hydrogens (primary N) is 2. The number of ether oxygens (including phenoxy) is 1. The minimum atomic E-state index is -0.594. The number of anilines is 1. The number of amides is 2. The van der Waals surface area contributed by atoms with Gasteiger partial charge < -0.3 is 21.5 Å². The Hall–Kier alpha value is -2.24. The van der Waals surface area contributed by atoms with Crippen molar-refractivity contribution in [2.24, 2.45) is 5.73 Å². The zero-order chi connectivity index (χ0) is 13.5. The fourth-order valence-corrected chi connectivity index (χ4v) is 1.40. The van der Waals surface area contributed by atoms with Crippen LogP contribution in [0.4, 0.5) is 5.69 Å². The first-order valence-electron chi connectivity index (χ1n) is 5.63. The molecule has 0 atom stereocenters. The second-order valence-corrected chi connectivity index (χ2v) is 3.67. The van der Waals surface area contributed by atoms with Crippen molar-refractivity contribution in [3.63, 3.8) is 0 Å². The van der Waals surface area contributed by atoms with Crippen molar-refractivity contribution in [3.8, 4) is 5.75 Å². The molecule has 1 aromatic rings. The number of benzene rings is 1. The maximum atomic E-state index is 11.2. The lowest BCUT2D eigenvalue weighted by molar-refractivity contribution is -0.121. The molecule has 0 aliphatic heterocycles. The minimum Gasteiger partial charge on any atom is -0.492 e. The summed E-state index contributed by atoms with van der Waals surface area (Å²) in [5.41, 5.74) is 11.5. The average molecular weight is 251 g/mol. The average Bonchev–Trinajstić information content (AvgIpc) is 2.29. The molecule has 0 unspecified atom stereocenters. The Balaban J connectivity index is 2.63. The molecule has 0 aromatic heterocycles. The van der Waals surface area contributed by atoms with E-state index >= 15 is 0 Å². The van der Waals surface area contributed by atoms with Gasteiger partial charge in [0.1, 0.15) is 5.75 Å². The molecule has 6 heteroatoms. The molecule has 0 bridgehead atoms. The summed E-state index contributed by atoms with van der Waals surface area (Å²) in [5, 5.41) is 2.65. The normalized spacial score (nSPS) is 9.83. The molecule has 0 aliphatic rings. The Morgan fingerprint density at radius 1 is 1.39 bits per heavy atom. The lowest BCUT2D eigenvalue weighted by Crippen LogP contribution is -2.24. The predicted molar refractivity (Wildman–Crippen MR) is 68.2 cm³/mol. The fourth-order valence-electron chi connectivity index (χ4n) is 1.40. The minimum absolute atomic E-state index is 0.109. The van der Waals surface area contributed by atoms with E-state index in [1.54, 1.807) is 6.07 Å². The van der Waals surface area contributed by atoms with E-state index < -0.39 is 5.91 Å². The molecule has 18 heavy (non-hydrogen) atoms. The largest absolute Gasteiger partial charge is 0.492 e. The fraction of sp³-hybridized carbons (Fsp3) is 0.333. The number of primary amides is 1. The van der Waals surface area contributed by atoms with Crippen molar-refractivity contribution < 1.29 is 14.3 Å². The summed E-state index contributed by atoms with van der Waals surface area (Å²) >= 11 is 0. The summed E-state index contributed by atoms with van der Waals surface area (Å²) in [6.07, 6.45) is 0.209. The predicted octanol–water partition coefficient (Wildman–Crippen LogP) is 0.273. The molecule has 0 spiro atoms. The SMILES string of the molecule is CCNC(=O)CCOc1cc(N)ccc1C(N)=O. The molecule has 2 amide bonds. The van der Waals surface area contributed by atoms with E-state index in [-0.39, 0.29) is 24.5 Å². The van der Waals surface area contributed by atoms with E-state index in [4.69, 9.17) is 16.2 Å². The summed E-state index contributed by atoms with van der Waals surface area (Å²) in [4.78, 5) is 22.4. The van der Waals surface area contributed by atoms with Gasteiger partial charge in [-0.2, -0.15) is 0 Å². The molecule has 0 saturated carbocycles. The molecule has 0 fully saturated rings. The van der Waals surface area contributed by atoms with E-state index in [0.29, 0.717) is 18.0 Å². The van der Waals surface area contributed by atoms with Crippen LogP contribution in [0.5, 0.6) is 5.75 Å². The molecule has 5 N–H and O–H groups in total. The molecule has 0 aliphatic carbocycles. The van der Waals surface area contributed by atoms with Gasteiger partial charge in [-0.15, -0.1) is 0 Å². The van der Waals surface area contributed by atoms with Gasteiger partial charge in [0.15, 0.2) is 0 Å². The summed E-state index contributed by atoms with van der Waals surface area (Å²) in [7, 11) is 0. The van der Waals surface area contributed by atoms with Gasteiger partial charge in [0.25, 0.3) is 5.91 Å². The smallest absolute Gasteiger partial charge is 0.252 e. The molecule has 0 heterocycles. The van der Waals surface area contributed by atoms with Crippen LogP contribution in [0.15, 0.2) is 18.2 Å². The molecule has 98 valence electrons. The van der Waals surface area contributed by atoms with Crippen LogP contribution in [0, 0.1) is 0 Å². The van der Waals surface area contributed by atoms with Crippen LogP contribution in [0.1, 0.15) is 23.7 Å². The zero-order valence-electron chi connectivity index (χ0n) is 10.2. The highest BCUT2D eigenvalue weighted by atomic mass is 16.5. The summed E-state index contributed by atoms with van der Waals surface area (Å²) in [6.45, 7) is 2.57. The van der Waals surface area contributed by atoms with E-state index in [0.717, 1.165) is 0 Å². The Labute approximate surface area is 105 Å². The van der Waals surface area contributed by atoms with Crippen LogP contribution in [0.25, 0.3) is 0 Å². The van der Waals surface area contributed by atoms with Gasteiger partial charge in [-0.3, -0.25) is 9.59 Å². The third-order valence-electron chi connectivity index (χ3n) is 2.23. The van der Waals surface area contributed by atoms with Crippen LogP contribution >= 0.6 is 0 Å². The Kier molecular flexibility index (Phi) is 4.98. The third-order valence-corrected chi connectivity index (χ3v) is 2.23. The van der Waals surface area contributed by atoms with Crippen molar-refractivity contribution >= 4 is 17.5 Å². The van der Waals surface area contributed by atoms with Crippen LogP contribution in [-0.4, -0.2) is 25.0 Å². The van der Waals surface area contributed by atoms with Crippen LogP contribution in [0.3, 0.4) is 0 Å². The Morgan fingerprint density at radius 2 is 2.11 bits per heavy atom. The monoisotopic (exact) mass is 251 g/mol. The number of rotatable bonds is 6. The van der Waals surface area contributed by atoms with Crippen LogP contribution in [-0.2, 0) is 4.79 Å². The van der Waals surface area contributed by atoms with Crippen molar-refractivity contribution in [1.29, 1.82) is 0 Å². The van der Waals surface area contributed by atoms with Gasteiger partial charge in [0.05, 0.1) is 18.6 Å². The number of hydrogen-bond acceptors (Lipinski definition) is 4. The third kappa shape index (κ3) is 3.97. The van der Waals surface area contributed by atoms with Crippen molar-refractivity contribution in [2.45, 2.75) is 13.3 Å². The lowest BCUT2D eigenvalue weighted by atomic mass is 10.1. The second kappa shape index (κ2) is 6.48. The van der Waals surface area contributed by atoms with E-state index in [1.807, 2.05) is 6.92 Å². The summed E-state index contributed by atoms with van der Waals surface area (Å²) in [5.74, 6) is -0.406. The highest BCUT2D eigenvalue weighted by molar-refractivity contribution is 5.96. The van der Waals surface area contributed by atoms with Gasteiger partial charge in [0.2, 0.25) is 5.91 Å². The highest BCUT2D eigenvalue weighted by Crippen LogP contribution is 2.21. The molecular weight excluding hydrogens is 234 g/mol. The van der Waals surface area contributed by atoms with E-state index in [2.05, 4.69) is 5.32 Å². The maximum Gasteiger partial charge on any atom is 0.252 e. The van der Waals surface area contributed by atoms with Gasteiger partial charge >= 0.3 is 0 Å². The number of hydrogen-bond donors (Lipinski definition) is 3. The zero-order valence-corrected chi connectivity index (χ0v) is 10.2.